The lowest BCUT2D eigenvalue weighted by molar-refractivity contribution is -0.129. The maximum absolute atomic E-state index is 13.8. The molecule has 2 heterocycles. The molecule has 1 unspecified atom stereocenters. The number of carbonyl (C=O) groups is 1. The molecule has 0 radical (unpaired) electrons. The van der Waals surface area contributed by atoms with Gasteiger partial charge in [-0.25, -0.2) is 8.42 Å². The van der Waals surface area contributed by atoms with Gasteiger partial charge in [0.2, 0.25) is 15.3 Å². The Kier molecular flexibility index (Phi) is 7.55. The van der Waals surface area contributed by atoms with Crippen LogP contribution in [0.1, 0.15) is 33.3 Å². The smallest absolute Gasteiger partial charge is 0.432 e. The summed E-state index contributed by atoms with van der Waals surface area (Å²) in [6, 6.07) is 11.0. The fourth-order valence-electron chi connectivity index (χ4n) is 4.64. The largest absolute Gasteiger partial charge is 0.509 e. The summed E-state index contributed by atoms with van der Waals surface area (Å²) >= 11 is 6.16. The molecule has 38 heavy (non-hydrogen) atoms. The summed E-state index contributed by atoms with van der Waals surface area (Å²) in [7, 11) is -7.27. The second kappa shape index (κ2) is 10.1. The number of benzene rings is 2. The average molecular weight is 582 g/mol. The fourth-order valence-corrected chi connectivity index (χ4v) is 7.24. The Labute approximate surface area is 228 Å². The van der Waals surface area contributed by atoms with Crippen molar-refractivity contribution in [3.63, 3.8) is 0 Å². The molecule has 10 nitrogen and oxygen atoms in total. The highest BCUT2D eigenvalue weighted by molar-refractivity contribution is 7.92. The first-order valence-electron chi connectivity index (χ1n) is 11.9. The molecule has 1 amide bonds. The Morgan fingerprint density at radius 3 is 2.55 bits per heavy atom. The lowest BCUT2D eigenvalue weighted by Gasteiger charge is -2.35. The number of hydrogen-bond donors (Lipinski definition) is 4. The molecule has 0 saturated heterocycles. The van der Waals surface area contributed by atoms with Crippen molar-refractivity contribution >= 4 is 57.9 Å². The van der Waals surface area contributed by atoms with Crippen LogP contribution in [0.4, 0.5) is 11.4 Å². The van der Waals surface area contributed by atoms with Crippen LogP contribution in [-0.4, -0.2) is 54.0 Å². The summed E-state index contributed by atoms with van der Waals surface area (Å²) in [6.07, 6.45) is 1.02. The molecule has 2 aliphatic rings. The number of amides is 1. The van der Waals surface area contributed by atoms with Crippen LogP contribution in [0, 0.1) is 5.41 Å². The van der Waals surface area contributed by atoms with E-state index in [-0.39, 0.29) is 41.3 Å². The molecule has 13 heteroatoms. The monoisotopic (exact) mass is 581 g/mol. The van der Waals surface area contributed by atoms with Gasteiger partial charge in [-0.3, -0.25) is 9.52 Å². The number of carbonyl (C=O) groups excluding carboxylic acids is 1. The second-order valence-corrected chi connectivity index (χ2v) is 14.4. The first-order valence-corrected chi connectivity index (χ1v) is 15.8. The predicted octanol–water partition coefficient (Wildman–Crippen LogP) is 4.22. The molecule has 2 aliphatic heterocycles. The normalized spacial score (nSPS) is 21.8. The minimum absolute atomic E-state index is 0.0176. The third-order valence-corrected chi connectivity index (χ3v) is 8.94. The van der Waals surface area contributed by atoms with Gasteiger partial charge in [0.1, 0.15) is 11.3 Å². The van der Waals surface area contributed by atoms with E-state index in [2.05, 4.69) is 14.8 Å². The van der Waals surface area contributed by atoms with Crippen LogP contribution in [-0.2, 0) is 25.9 Å². The van der Waals surface area contributed by atoms with E-state index in [0.29, 0.717) is 10.7 Å². The van der Waals surface area contributed by atoms with Crippen molar-refractivity contribution in [1.82, 2.24) is 4.90 Å². The lowest BCUT2D eigenvalue weighted by atomic mass is 9.85. The van der Waals surface area contributed by atoms with E-state index in [9.17, 15) is 23.2 Å². The van der Waals surface area contributed by atoms with Crippen LogP contribution in [0.3, 0.4) is 0 Å². The van der Waals surface area contributed by atoms with Crippen molar-refractivity contribution in [2.45, 2.75) is 40.3 Å². The molecule has 0 aliphatic carbocycles. The fraction of sp³-hybridized carbons (Fsp3) is 0.360. The van der Waals surface area contributed by atoms with Crippen LogP contribution in [0.5, 0.6) is 0 Å². The molecule has 2 aromatic rings. The Hall–Kier alpha value is -2.69. The van der Waals surface area contributed by atoms with E-state index in [0.717, 1.165) is 11.8 Å². The van der Waals surface area contributed by atoms with Gasteiger partial charge >= 0.3 is 7.87 Å². The van der Waals surface area contributed by atoms with Gasteiger partial charge in [-0.2, -0.15) is 9.42 Å². The van der Waals surface area contributed by atoms with Gasteiger partial charge in [0.05, 0.1) is 30.3 Å². The summed E-state index contributed by atoms with van der Waals surface area (Å²) in [5, 5.41) is 15.2. The Morgan fingerprint density at radius 1 is 1.24 bits per heavy atom. The molecule has 4 rings (SSSR count). The number of halogens is 1. The van der Waals surface area contributed by atoms with Gasteiger partial charge < -0.3 is 15.3 Å². The van der Waals surface area contributed by atoms with E-state index in [1.54, 1.807) is 36.1 Å². The van der Waals surface area contributed by atoms with Gasteiger partial charge in [0.15, 0.2) is 5.84 Å². The zero-order valence-corrected chi connectivity index (χ0v) is 24.2. The Balaban J connectivity index is 1.78. The summed E-state index contributed by atoms with van der Waals surface area (Å²) < 4.78 is 35.9. The molecule has 0 fully saturated rings. The van der Waals surface area contributed by atoms with Crippen molar-refractivity contribution in [1.29, 1.82) is 0 Å². The molecule has 0 bridgehead atoms. The molecule has 204 valence electrons. The van der Waals surface area contributed by atoms with Crippen molar-refractivity contribution in [2.75, 3.05) is 22.9 Å². The zero-order valence-electron chi connectivity index (χ0n) is 21.7. The highest BCUT2D eigenvalue weighted by Gasteiger charge is 2.53. The highest BCUT2D eigenvalue weighted by Crippen LogP contribution is 2.60. The van der Waals surface area contributed by atoms with Crippen molar-refractivity contribution in [3.8, 4) is 0 Å². The standard InChI is InChI=1S/C25H30ClN4O6PS/c1-6-36-37(33)19-13-17(29-38(5,34)35)10-11-18(19)27-23(28-37)20-21(31)22(25(2,3)4)30(24(20)32)14-15-8-7-9-16(26)12-15/h7-13,22,29,33H,6,14H2,1-5H3,(H-,27,28,31,32)/p+1/t22-,37?/m1/s1. The number of anilines is 2. The Morgan fingerprint density at radius 2 is 1.95 bits per heavy atom. The molecule has 4 N–H and O–H groups in total. The molecule has 2 aromatic carbocycles. The quantitative estimate of drug-likeness (QED) is 0.359. The summed E-state index contributed by atoms with van der Waals surface area (Å²) in [5.74, 6) is -0.649. The van der Waals surface area contributed by atoms with Crippen LogP contribution < -0.4 is 15.3 Å². The number of nitrogens with zero attached hydrogens (tertiary/aromatic N) is 2. The minimum atomic E-state index is -3.70. The van der Waals surface area contributed by atoms with Gasteiger partial charge in [-0.1, -0.05) is 44.5 Å². The highest BCUT2D eigenvalue weighted by atomic mass is 35.5. The molecule has 0 spiro atoms. The lowest BCUT2D eigenvalue weighted by Crippen LogP contribution is -2.43. The van der Waals surface area contributed by atoms with Crippen LogP contribution >= 0.6 is 19.5 Å². The number of aliphatic hydroxyl groups is 1. The number of fused-ring (bicyclic) bond motifs is 1. The molecular weight excluding hydrogens is 551 g/mol. The minimum Gasteiger partial charge on any atom is -0.509 e. The van der Waals surface area contributed by atoms with Crippen molar-refractivity contribution < 1.29 is 27.7 Å². The van der Waals surface area contributed by atoms with Gasteiger partial charge in [0, 0.05) is 17.6 Å². The number of aliphatic hydroxyl groups excluding tert-OH is 1. The predicted molar refractivity (Wildman–Crippen MR) is 151 cm³/mol. The summed E-state index contributed by atoms with van der Waals surface area (Å²) in [4.78, 5) is 26.9. The number of hydrogen-bond acceptors (Lipinski definition) is 8. The maximum atomic E-state index is 13.8. The van der Waals surface area contributed by atoms with Crippen molar-refractivity contribution in [2.24, 2.45) is 10.2 Å². The van der Waals surface area contributed by atoms with Crippen LogP contribution in [0.15, 0.2) is 58.6 Å². The molecule has 0 saturated carbocycles. The van der Waals surface area contributed by atoms with Crippen molar-refractivity contribution in [3.05, 3.63) is 64.4 Å². The van der Waals surface area contributed by atoms with Gasteiger partial charge in [-0.15, -0.1) is 0 Å². The maximum Gasteiger partial charge on any atom is 0.432 e. The van der Waals surface area contributed by atoms with Gasteiger partial charge in [-0.05, 0) is 46.9 Å². The molecular formula is C25H31ClN4O6PS+. The Bertz CT molecular complexity index is 1460. The molecule has 2 atom stereocenters. The second-order valence-electron chi connectivity index (χ2n) is 10.2. The third-order valence-electron chi connectivity index (χ3n) is 6.01. The topological polar surface area (TPSA) is 141 Å². The van der Waals surface area contributed by atoms with E-state index in [1.807, 2.05) is 26.8 Å². The SMILES string of the molecule is CCO[P+]1(O)N=C(C2=C(O)[C@H](C(C)(C)C)N(Cc3cccc(Cl)c3)C2=O)Nc2ccc(NS(C)(=O)=O)cc21. The van der Waals surface area contributed by atoms with Crippen LogP contribution in [0.25, 0.3) is 0 Å². The van der Waals surface area contributed by atoms with Crippen LogP contribution in [0.2, 0.25) is 5.02 Å². The summed E-state index contributed by atoms with van der Waals surface area (Å²) in [5.41, 5.74) is 0.804. The average Bonchev–Trinajstić information content (AvgIpc) is 3.02. The first kappa shape index (κ1) is 28.3. The number of amidine groups is 1. The van der Waals surface area contributed by atoms with E-state index >= 15 is 0 Å². The number of nitrogens with one attached hydrogen (secondary N) is 2. The first-order chi connectivity index (χ1) is 17.6. The number of sulfonamides is 1. The van der Waals surface area contributed by atoms with E-state index in [4.69, 9.17) is 16.1 Å². The van der Waals surface area contributed by atoms with Gasteiger partial charge in [0.25, 0.3) is 5.91 Å². The summed E-state index contributed by atoms with van der Waals surface area (Å²) in [6.45, 7) is 7.74. The third kappa shape index (κ3) is 5.67. The zero-order chi connectivity index (χ0) is 28.0. The van der Waals surface area contributed by atoms with E-state index < -0.39 is 35.3 Å². The molecule has 0 aromatic heterocycles. The van der Waals surface area contributed by atoms with E-state index in [1.165, 1.54) is 12.1 Å². The number of rotatable bonds is 7.